The van der Waals surface area contributed by atoms with Crippen LogP contribution in [0.3, 0.4) is 0 Å². The van der Waals surface area contributed by atoms with Crippen LogP contribution in [-0.4, -0.2) is 42.0 Å². The monoisotopic (exact) mass is 443 g/mol. The van der Waals surface area contributed by atoms with E-state index in [0.717, 1.165) is 16.7 Å². The summed E-state index contributed by atoms with van der Waals surface area (Å²) < 4.78 is 16.3. The Morgan fingerprint density at radius 1 is 1.16 bits per heavy atom. The van der Waals surface area contributed by atoms with Crippen LogP contribution in [0.5, 0.6) is 17.2 Å². The first kappa shape index (κ1) is 22.2. The molecular weight excluding hydrogens is 422 g/mol. The van der Waals surface area contributed by atoms with E-state index in [0.29, 0.717) is 29.4 Å². The molecule has 0 bridgehead atoms. The number of aliphatic carboxylic acids is 1. The average molecular weight is 443 g/mol. The zero-order valence-corrected chi connectivity index (χ0v) is 18.0. The number of nitrogens with zero attached hydrogens (tertiary/aromatic N) is 1. The summed E-state index contributed by atoms with van der Waals surface area (Å²) in [6.07, 6.45) is 0.523. The normalized spacial score (nSPS) is 15.8. The van der Waals surface area contributed by atoms with Gasteiger partial charge in [0.05, 0.1) is 24.3 Å². The van der Waals surface area contributed by atoms with Gasteiger partial charge in [-0.2, -0.15) is 0 Å². The predicted molar refractivity (Wildman–Crippen MR) is 117 cm³/mol. The lowest BCUT2D eigenvalue weighted by Gasteiger charge is -2.16. The van der Waals surface area contributed by atoms with Crippen molar-refractivity contribution in [3.63, 3.8) is 0 Å². The van der Waals surface area contributed by atoms with E-state index in [1.165, 1.54) is 14.0 Å². The number of amides is 2. The molecule has 9 heteroatoms. The maximum atomic E-state index is 12.9. The summed E-state index contributed by atoms with van der Waals surface area (Å²) in [6, 6.07) is 11.6. The van der Waals surface area contributed by atoms with Gasteiger partial charge in [0.15, 0.2) is 17.6 Å². The van der Waals surface area contributed by atoms with E-state index in [1.54, 1.807) is 55.5 Å². The highest BCUT2D eigenvalue weighted by atomic mass is 32.2. The molecule has 1 heterocycles. The molecule has 3 rings (SSSR count). The van der Waals surface area contributed by atoms with Crippen LogP contribution in [0, 0.1) is 0 Å². The van der Waals surface area contributed by atoms with E-state index in [9.17, 15) is 14.4 Å². The van der Waals surface area contributed by atoms with Gasteiger partial charge in [0.25, 0.3) is 11.1 Å². The van der Waals surface area contributed by atoms with Gasteiger partial charge >= 0.3 is 5.97 Å². The Morgan fingerprint density at radius 3 is 2.58 bits per heavy atom. The lowest BCUT2D eigenvalue weighted by molar-refractivity contribution is -0.144. The number of carbonyl (C=O) groups is 3. The van der Waals surface area contributed by atoms with Crippen molar-refractivity contribution in [2.45, 2.75) is 20.0 Å². The summed E-state index contributed by atoms with van der Waals surface area (Å²) in [7, 11) is 1.47. The fraction of sp³-hybridized carbons (Fsp3) is 0.227. The Kier molecular flexibility index (Phi) is 6.86. The Bertz CT molecular complexity index is 1050. The molecule has 31 heavy (non-hydrogen) atoms. The molecule has 0 aliphatic carbocycles. The summed E-state index contributed by atoms with van der Waals surface area (Å²) in [5, 5.41) is 8.63. The largest absolute Gasteiger partial charge is 0.495 e. The molecular formula is C22H21NO7S. The third kappa shape index (κ3) is 4.83. The lowest BCUT2D eigenvalue weighted by Crippen LogP contribution is -2.28. The number of imide groups is 1. The molecule has 8 nitrogen and oxygen atoms in total. The molecule has 1 aliphatic heterocycles. The number of methoxy groups -OCH3 is 1. The molecule has 2 amide bonds. The van der Waals surface area contributed by atoms with Crippen molar-refractivity contribution >= 4 is 40.6 Å². The van der Waals surface area contributed by atoms with Gasteiger partial charge in [-0.1, -0.05) is 18.2 Å². The highest BCUT2D eigenvalue weighted by Gasteiger charge is 2.37. The minimum atomic E-state index is -1.10. The highest BCUT2D eigenvalue weighted by Crippen LogP contribution is 2.40. The molecule has 1 unspecified atom stereocenters. The second-order valence-corrected chi connectivity index (χ2v) is 7.42. The molecule has 2 aromatic carbocycles. The third-order valence-electron chi connectivity index (χ3n) is 4.34. The van der Waals surface area contributed by atoms with Crippen LogP contribution in [0.4, 0.5) is 10.5 Å². The van der Waals surface area contributed by atoms with Crippen molar-refractivity contribution < 1.29 is 33.7 Å². The van der Waals surface area contributed by atoms with E-state index in [2.05, 4.69) is 0 Å². The Labute approximate surface area is 183 Å². The molecule has 2 aromatic rings. The fourth-order valence-electron chi connectivity index (χ4n) is 2.86. The molecule has 0 saturated carbocycles. The molecule has 0 aromatic heterocycles. The highest BCUT2D eigenvalue weighted by molar-refractivity contribution is 8.19. The number of anilines is 1. The second-order valence-electron chi connectivity index (χ2n) is 6.43. The summed E-state index contributed by atoms with van der Waals surface area (Å²) in [4.78, 5) is 37.8. The minimum absolute atomic E-state index is 0.242. The van der Waals surface area contributed by atoms with Gasteiger partial charge < -0.3 is 19.3 Å². The van der Waals surface area contributed by atoms with Crippen molar-refractivity contribution in [3.05, 3.63) is 52.9 Å². The number of benzene rings is 2. The zero-order valence-electron chi connectivity index (χ0n) is 17.2. The van der Waals surface area contributed by atoms with E-state index >= 15 is 0 Å². The number of carbonyl (C=O) groups excluding carboxylic acids is 2. The number of thioether (sulfide) groups is 1. The first-order chi connectivity index (χ1) is 14.8. The second kappa shape index (κ2) is 9.57. The molecule has 162 valence electrons. The van der Waals surface area contributed by atoms with Crippen LogP contribution < -0.4 is 19.1 Å². The number of rotatable bonds is 8. The first-order valence-corrected chi connectivity index (χ1v) is 10.2. The Balaban J connectivity index is 1.91. The quantitative estimate of drug-likeness (QED) is 0.606. The summed E-state index contributed by atoms with van der Waals surface area (Å²) in [5.41, 5.74) is 0.974. The van der Waals surface area contributed by atoms with Crippen LogP contribution in [0.25, 0.3) is 6.08 Å². The average Bonchev–Trinajstić information content (AvgIpc) is 3.02. The standard InChI is InChI=1S/C22H21NO7S/c1-4-29-18-11-14(9-10-17(18)30-13(2)21(25)26)12-19-20(24)23(22(27)31-19)15-7-5-6-8-16(15)28-3/h5-13H,4H2,1-3H3,(H,25,26)/b19-12+. The zero-order chi connectivity index (χ0) is 22.5. The van der Waals surface area contributed by atoms with Gasteiger partial charge in [-0.25, -0.2) is 9.69 Å². The van der Waals surface area contributed by atoms with Crippen LogP contribution in [0.1, 0.15) is 19.4 Å². The van der Waals surface area contributed by atoms with E-state index < -0.39 is 23.2 Å². The minimum Gasteiger partial charge on any atom is -0.495 e. The van der Waals surface area contributed by atoms with Gasteiger partial charge in [0.1, 0.15) is 5.75 Å². The number of carboxylic acids is 1. The summed E-state index contributed by atoms with van der Waals surface area (Å²) >= 11 is 0.822. The van der Waals surface area contributed by atoms with Gasteiger partial charge in [0.2, 0.25) is 0 Å². The fourth-order valence-corrected chi connectivity index (χ4v) is 3.70. The number of para-hydroxylation sites is 2. The SMILES string of the molecule is CCOc1cc(/C=C2/SC(=O)N(c3ccccc3OC)C2=O)ccc1OC(C)C(=O)O. The van der Waals surface area contributed by atoms with Crippen molar-refractivity contribution in [2.24, 2.45) is 0 Å². The van der Waals surface area contributed by atoms with Crippen molar-refractivity contribution in [2.75, 3.05) is 18.6 Å². The van der Waals surface area contributed by atoms with Gasteiger partial charge in [-0.05, 0) is 61.5 Å². The molecule has 1 fully saturated rings. The molecule has 1 atom stereocenters. The van der Waals surface area contributed by atoms with E-state index in [1.807, 2.05) is 0 Å². The number of carboxylic acid groups (broad SMARTS) is 1. The third-order valence-corrected chi connectivity index (χ3v) is 5.21. The van der Waals surface area contributed by atoms with Crippen LogP contribution in [0.15, 0.2) is 47.4 Å². The molecule has 0 spiro atoms. The van der Waals surface area contributed by atoms with E-state index in [4.69, 9.17) is 19.3 Å². The number of hydrogen-bond donors (Lipinski definition) is 1. The van der Waals surface area contributed by atoms with Crippen molar-refractivity contribution in [1.29, 1.82) is 0 Å². The molecule has 1 aliphatic rings. The Hall–Kier alpha value is -3.46. The van der Waals surface area contributed by atoms with E-state index in [-0.39, 0.29) is 10.7 Å². The van der Waals surface area contributed by atoms with Crippen molar-refractivity contribution in [1.82, 2.24) is 0 Å². The first-order valence-electron chi connectivity index (χ1n) is 9.43. The van der Waals surface area contributed by atoms with Crippen LogP contribution in [0.2, 0.25) is 0 Å². The van der Waals surface area contributed by atoms with Crippen molar-refractivity contribution in [3.8, 4) is 17.2 Å². The Morgan fingerprint density at radius 2 is 1.90 bits per heavy atom. The van der Waals surface area contributed by atoms with Gasteiger partial charge in [-0.3, -0.25) is 9.59 Å². The molecule has 1 saturated heterocycles. The maximum absolute atomic E-state index is 12.9. The number of ether oxygens (including phenoxy) is 3. The van der Waals surface area contributed by atoms with Crippen LogP contribution >= 0.6 is 11.8 Å². The smallest absolute Gasteiger partial charge is 0.344 e. The maximum Gasteiger partial charge on any atom is 0.344 e. The summed E-state index contributed by atoms with van der Waals surface area (Å²) in [5.74, 6) is -0.531. The van der Waals surface area contributed by atoms with Crippen LogP contribution in [-0.2, 0) is 9.59 Å². The van der Waals surface area contributed by atoms with Gasteiger partial charge in [-0.15, -0.1) is 0 Å². The van der Waals surface area contributed by atoms with Gasteiger partial charge in [0, 0.05) is 0 Å². The lowest BCUT2D eigenvalue weighted by atomic mass is 10.1. The molecule has 0 radical (unpaired) electrons. The topological polar surface area (TPSA) is 102 Å². The number of hydrogen-bond acceptors (Lipinski definition) is 7. The summed E-state index contributed by atoms with van der Waals surface area (Å²) in [6.45, 7) is 3.54. The predicted octanol–water partition coefficient (Wildman–Crippen LogP) is 4.19. The molecule has 1 N–H and O–H groups in total.